The number of amides is 2. The minimum absolute atomic E-state index is 0.110. The van der Waals surface area contributed by atoms with Crippen LogP contribution in [0.5, 0.6) is 5.75 Å². The van der Waals surface area contributed by atoms with Gasteiger partial charge in [0.1, 0.15) is 17.2 Å². The van der Waals surface area contributed by atoms with Gasteiger partial charge in [-0.3, -0.25) is 19.2 Å². The molecule has 1 aromatic carbocycles. The highest BCUT2D eigenvalue weighted by Crippen LogP contribution is 2.29. The quantitative estimate of drug-likeness (QED) is 0.352. The van der Waals surface area contributed by atoms with Crippen molar-refractivity contribution in [3.8, 4) is 5.75 Å². The molecule has 0 saturated carbocycles. The molecule has 35 heavy (non-hydrogen) atoms. The van der Waals surface area contributed by atoms with Crippen LogP contribution in [0.4, 0.5) is 16.6 Å². The van der Waals surface area contributed by atoms with Gasteiger partial charge >= 0.3 is 0 Å². The van der Waals surface area contributed by atoms with Gasteiger partial charge in [0.15, 0.2) is 10.9 Å². The van der Waals surface area contributed by atoms with E-state index in [0.29, 0.717) is 33.6 Å². The van der Waals surface area contributed by atoms with Crippen molar-refractivity contribution in [2.75, 3.05) is 50.0 Å². The van der Waals surface area contributed by atoms with E-state index in [4.69, 9.17) is 4.74 Å². The first kappa shape index (κ1) is 24.6. The third-order valence-electron chi connectivity index (χ3n) is 5.65. The van der Waals surface area contributed by atoms with Crippen LogP contribution in [-0.2, 0) is 16.1 Å². The lowest BCUT2D eigenvalue weighted by molar-refractivity contribution is -0.121. The van der Waals surface area contributed by atoms with Crippen molar-refractivity contribution in [2.45, 2.75) is 20.4 Å². The number of carbonyl (C=O) groups excluding carboxylic acids is 2. The number of nitrogens with one attached hydrogen (secondary N) is 3. The molecule has 0 bridgehead atoms. The Morgan fingerprint density at radius 3 is 2.80 bits per heavy atom. The smallest absolute Gasteiger partial charge is 0.267 e. The minimum Gasteiger partial charge on any atom is -0.508 e. The summed E-state index contributed by atoms with van der Waals surface area (Å²) in [6, 6.07) is 5.09. The highest BCUT2D eigenvalue weighted by molar-refractivity contribution is 7.17. The summed E-state index contributed by atoms with van der Waals surface area (Å²) in [7, 11) is 0. The fourth-order valence-corrected chi connectivity index (χ4v) is 4.37. The van der Waals surface area contributed by atoms with Crippen LogP contribution in [0.2, 0.25) is 0 Å². The number of hydrogen-bond acceptors (Lipinski definition) is 9. The molecule has 1 fully saturated rings. The molecule has 0 radical (unpaired) electrons. The molecule has 0 aliphatic carbocycles. The number of nitrogens with zero attached hydrogens (tertiary/aromatic N) is 4. The van der Waals surface area contributed by atoms with Crippen molar-refractivity contribution in [3.63, 3.8) is 0 Å². The zero-order chi connectivity index (χ0) is 24.8. The number of aryl methyl sites for hydroxylation is 1. The van der Waals surface area contributed by atoms with Crippen LogP contribution < -0.4 is 16.0 Å². The molecular weight excluding hydrogens is 470 g/mol. The summed E-state index contributed by atoms with van der Waals surface area (Å²) in [5, 5.41) is 23.6. The highest BCUT2D eigenvalue weighted by atomic mass is 32.1. The second-order valence-corrected chi connectivity index (χ2v) is 9.24. The highest BCUT2D eigenvalue weighted by Gasteiger charge is 2.16. The molecule has 3 aromatic rings. The Morgan fingerprint density at radius 1 is 1.20 bits per heavy atom. The molecule has 0 unspecified atom stereocenters. The number of hydrogen-bond donors (Lipinski definition) is 4. The van der Waals surface area contributed by atoms with Crippen molar-refractivity contribution in [1.82, 2.24) is 25.0 Å². The van der Waals surface area contributed by atoms with E-state index in [1.807, 2.05) is 6.92 Å². The number of phenols is 1. The summed E-state index contributed by atoms with van der Waals surface area (Å²) in [5.41, 5.74) is 2.05. The maximum atomic E-state index is 12.7. The topological polar surface area (TPSA) is 134 Å². The van der Waals surface area contributed by atoms with Gasteiger partial charge in [0.2, 0.25) is 5.91 Å². The average molecular weight is 500 g/mol. The molecule has 4 N–H and O–H groups in total. The number of carbonyl (C=O) groups is 2. The Morgan fingerprint density at radius 2 is 2.00 bits per heavy atom. The molecule has 186 valence electrons. The number of aromatic hydroxyl groups is 1. The van der Waals surface area contributed by atoms with Gasteiger partial charge in [-0.2, -0.15) is 5.10 Å². The van der Waals surface area contributed by atoms with E-state index in [-0.39, 0.29) is 24.1 Å². The van der Waals surface area contributed by atoms with Crippen LogP contribution in [0, 0.1) is 13.8 Å². The van der Waals surface area contributed by atoms with Gasteiger partial charge in [-0.15, -0.1) is 0 Å². The predicted octanol–water partition coefficient (Wildman–Crippen LogP) is 2.11. The largest absolute Gasteiger partial charge is 0.508 e. The molecule has 1 aliphatic heterocycles. The molecule has 0 atom stereocenters. The average Bonchev–Trinajstić information content (AvgIpc) is 3.50. The number of anilines is 3. The number of thiazole rings is 1. The lowest BCUT2D eigenvalue weighted by Gasteiger charge is -2.26. The number of rotatable bonds is 9. The van der Waals surface area contributed by atoms with E-state index in [2.05, 4.69) is 30.9 Å². The van der Waals surface area contributed by atoms with Crippen molar-refractivity contribution in [3.05, 3.63) is 46.6 Å². The molecule has 2 amide bonds. The summed E-state index contributed by atoms with van der Waals surface area (Å²) >= 11 is 1.18. The number of ether oxygens (including phenoxy) is 1. The van der Waals surface area contributed by atoms with Crippen molar-refractivity contribution in [1.29, 1.82) is 0 Å². The number of benzene rings is 1. The zero-order valence-corrected chi connectivity index (χ0v) is 20.5. The Bertz CT molecular complexity index is 1190. The van der Waals surface area contributed by atoms with Crippen LogP contribution in [-0.4, -0.2) is 76.0 Å². The first-order chi connectivity index (χ1) is 16.9. The predicted molar refractivity (Wildman–Crippen MR) is 133 cm³/mol. The van der Waals surface area contributed by atoms with Crippen LogP contribution in [0.1, 0.15) is 20.8 Å². The Balaban J connectivity index is 1.27. The lowest BCUT2D eigenvalue weighted by Crippen LogP contribution is -2.41. The normalized spacial score (nSPS) is 14.0. The Hall–Kier alpha value is -3.48. The first-order valence-corrected chi connectivity index (χ1v) is 12.1. The van der Waals surface area contributed by atoms with E-state index in [1.54, 1.807) is 36.0 Å². The first-order valence-electron chi connectivity index (χ1n) is 11.3. The monoisotopic (exact) mass is 499 g/mol. The fourth-order valence-electron chi connectivity index (χ4n) is 3.65. The molecular formula is C23H29N7O4S. The van der Waals surface area contributed by atoms with Crippen LogP contribution >= 0.6 is 11.3 Å². The molecule has 4 rings (SSSR count). The Kier molecular flexibility index (Phi) is 7.95. The van der Waals surface area contributed by atoms with Gasteiger partial charge < -0.3 is 25.8 Å². The lowest BCUT2D eigenvalue weighted by atomic mass is 10.1. The van der Waals surface area contributed by atoms with Crippen LogP contribution in [0.25, 0.3) is 0 Å². The summed E-state index contributed by atoms with van der Waals surface area (Å²) in [4.78, 5) is 31.8. The van der Waals surface area contributed by atoms with E-state index >= 15 is 0 Å². The minimum atomic E-state index is -0.313. The maximum absolute atomic E-state index is 12.7. The Labute approximate surface area is 207 Å². The van der Waals surface area contributed by atoms with Gasteiger partial charge in [-0.25, -0.2) is 4.98 Å². The summed E-state index contributed by atoms with van der Waals surface area (Å²) < 4.78 is 6.86. The third-order valence-corrected chi connectivity index (χ3v) is 6.56. The zero-order valence-electron chi connectivity index (χ0n) is 19.7. The molecule has 0 spiro atoms. The maximum Gasteiger partial charge on any atom is 0.267 e. The molecule has 1 aliphatic rings. The molecule has 1 saturated heterocycles. The van der Waals surface area contributed by atoms with Crippen LogP contribution in [0.15, 0.2) is 30.6 Å². The van der Waals surface area contributed by atoms with Crippen molar-refractivity contribution < 1.29 is 19.4 Å². The number of morpholine rings is 1. The van der Waals surface area contributed by atoms with Crippen molar-refractivity contribution >= 4 is 39.8 Å². The second-order valence-electron chi connectivity index (χ2n) is 8.21. The van der Waals surface area contributed by atoms with Gasteiger partial charge in [-0.1, -0.05) is 17.4 Å². The molecule has 2 aromatic heterocycles. The van der Waals surface area contributed by atoms with E-state index in [9.17, 15) is 14.7 Å². The summed E-state index contributed by atoms with van der Waals surface area (Å²) in [6.07, 6.45) is 3.19. The summed E-state index contributed by atoms with van der Waals surface area (Å²) in [6.45, 7) is 8.35. The number of phenolic OH excluding ortho intramolecular Hbond substituents is 1. The fraction of sp³-hybridized carbons (Fsp3) is 0.391. The van der Waals surface area contributed by atoms with Gasteiger partial charge in [0, 0.05) is 44.0 Å². The SMILES string of the molecule is Cc1ccc(O)c(C)c1NC(=O)c1cnc(Nc2ccn(CC(=O)NCCN3CCOCC3)n2)s1. The van der Waals surface area contributed by atoms with E-state index in [0.717, 1.165) is 38.4 Å². The van der Waals surface area contributed by atoms with E-state index < -0.39 is 0 Å². The molecule has 12 heteroatoms. The van der Waals surface area contributed by atoms with Gasteiger partial charge in [0.25, 0.3) is 5.91 Å². The number of aromatic nitrogens is 3. The molecule has 3 heterocycles. The van der Waals surface area contributed by atoms with Gasteiger partial charge in [-0.05, 0) is 25.5 Å². The van der Waals surface area contributed by atoms with Gasteiger partial charge in [0.05, 0.1) is 25.1 Å². The molecule has 11 nitrogen and oxygen atoms in total. The van der Waals surface area contributed by atoms with Crippen molar-refractivity contribution in [2.24, 2.45) is 0 Å². The standard InChI is InChI=1S/C23H29N7O4S/c1-15-3-4-17(31)16(2)21(15)27-22(33)18-13-25-23(35-18)26-19-5-7-30(28-19)14-20(32)24-6-8-29-9-11-34-12-10-29/h3-5,7,13,31H,6,8-12,14H2,1-2H3,(H,24,32)(H,27,33)(H,25,26,28). The third kappa shape index (κ3) is 6.56. The summed E-state index contributed by atoms with van der Waals surface area (Å²) in [5.74, 6) is 0.219. The van der Waals surface area contributed by atoms with E-state index in [1.165, 1.54) is 17.5 Å². The van der Waals surface area contributed by atoms with Crippen LogP contribution in [0.3, 0.4) is 0 Å². The second kappa shape index (κ2) is 11.3.